The number of benzene rings is 2. The summed E-state index contributed by atoms with van der Waals surface area (Å²) in [4.78, 5) is 12.1. The highest BCUT2D eigenvalue weighted by molar-refractivity contribution is 14.1. The summed E-state index contributed by atoms with van der Waals surface area (Å²) in [6, 6.07) is 13.7. The van der Waals surface area contributed by atoms with Crippen LogP contribution in [0.25, 0.3) is 0 Å². The number of ketones is 1. The third-order valence-electron chi connectivity index (χ3n) is 3.28. The number of halogens is 1. The quantitative estimate of drug-likeness (QED) is 0.528. The van der Waals surface area contributed by atoms with E-state index >= 15 is 0 Å². The van der Waals surface area contributed by atoms with Crippen molar-refractivity contribution in [3.05, 3.63) is 62.7 Å². The lowest BCUT2D eigenvalue weighted by Gasteiger charge is -2.11. The molecule has 2 aromatic rings. The summed E-state index contributed by atoms with van der Waals surface area (Å²) in [5.74, 6) is 1.20. The van der Waals surface area contributed by atoms with Crippen molar-refractivity contribution in [2.45, 2.75) is 26.7 Å². The Morgan fingerprint density at radius 3 is 2.43 bits per heavy atom. The predicted molar refractivity (Wildman–Crippen MR) is 94.3 cm³/mol. The molecule has 0 saturated heterocycles. The maximum Gasteiger partial charge on any atom is 0.200 e. The number of aryl methyl sites for hydroxylation is 1. The van der Waals surface area contributed by atoms with Gasteiger partial charge in [-0.3, -0.25) is 4.79 Å². The number of Topliss-reactive ketones (excluding diaryl/α,β-unsaturated/α-hetero) is 1. The summed E-state index contributed by atoms with van der Waals surface area (Å²) in [5, 5.41) is 0. The Bertz CT molecular complexity index is 630. The summed E-state index contributed by atoms with van der Waals surface area (Å²) >= 11 is 2.22. The van der Waals surface area contributed by atoms with Crippen LogP contribution >= 0.6 is 22.6 Å². The van der Waals surface area contributed by atoms with Crippen LogP contribution in [0, 0.1) is 10.5 Å². The smallest absolute Gasteiger partial charge is 0.200 e. The van der Waals surface area contributed by atoms with Gasteiger partial charge in [0.05, 0.1) is 0 Å². The molecule has 2 rings (SSSR count). The van der Waals surface area contributed by atoms with Crippen LogP contribution in [0.3, 0.4) is 0 Å². The number of carbonyl (C=O) groups is 1. The third-order valence-corrected chi connectivity index (χ3v) is 4.00. The Morgan fingerprint density at radius 2 is 1.81 bits per heavy atom. The van der Waals surface area contributed by atoms with E-state index in [2.05, 4.69) is 42.5 Å². The second kappa shape index (κ2) is 7.07. The van der Waals surface area contributed by atoms with Gasteiger partial charge >= 0.3 is 0 Å². The van der Waals surface area contributed by atoms with Crippen LogP contribution in [0.4, 0.5) is 0 Å². The number of hydrogen-bond acceptors (Lipinski definition) is 2. The molecule has 3 heteroatoms. The van der Waals surface area contributed by atoms with Crippen molar-refractivity contribution >= 4 is 28.4 Å². The Morgan fingerprint density at radius 1 is 1.14 bits per heavy atom. The summed E-state index contributed by atoms with van der Waals surface area (Å²) in [6.07, 6.45) is 0. The van der Waals surface area contributed by atoms with Crippen LogP contribution in [-0.4, -0.2) is 12.4 Å². The number of ether oxygens (including phenoxy) is 1. The van der Waals surface area contributed by atoms with Gasteiger partial charge in [0.15, 0.2) is 12.4 Å². The van der Waals surface area contributed by atoms with Crippen molar-refractivity contribution in [2.75, 3.05) is 6.61 Å². The molecule has 0 bridgehead atoms. The van der Waals surface area contributed by atoms with Crippen LogP contribution in [0.15, 0.2) is 42.5 Å². The van der Waals surface area contributed by atoms with E-state index in [1.807, 2.05) is 43.3 Å². The monoisotopic (exact) mass is 394 g/mol. The molecule has 2 nitrogen and oxygen atoms in total. The van der Waals surface area contributed by atoms with Gasteiger partial charge in [-0.05, 0) is 70.8 Å². The molecule has 0 radical (unpaired) electrons. The Balaban J connectivity index is 2.05. The lowest BCUT2D eigenvalue weighted by molar-refractivity contribution is 0.0921. The standard InChI is InChI=1S/C18H19IO2/c1-12(2)15-8-13(3)9-17(10-15)21-11-18(20)14-4-6-16(19)7-5-14/h4-10,12H,11H2,1-3H3. The highest BCUT2D eigenvalue weighted by Gasteiger charge is 2.08. The minimum absolute atomic E-state index is 0.000923. The maximum absolute atomic E-state index is 12.1. The maximum atomic E-state index is 12.1. The topological polar surface area (TPSA) is 26.3 Å². The minimum atomic E-state index is -0.000923. The van der Waals surface area contributed by atoms with Crippen LogP contribution in [0.5, 0.6) is 5.75 Å². The van der Waals surface area contributed by atoms with Crippen LogP contribution in [0.2, 0.25) is 0 Å². The molecule has 0 aromatic heterocycles. The van der Waals surface area contributed by atoms with Crippen molar-refractivity contribution < 1.29 is 9.53 Å². The lowest BCUT2D eigenvalue weighted by Crippen LogP contribution is -2.11. The number of carbonyl (C=O) groups excluding carboxylic acids is 1. The average Bonchev–Trinajstić information content (AvgIpc) is 2.45. The molecule has 2 aromatic carbocycles. The summed E-state index contributed by atoms with van der Waals surface area (Å²) in [5.41, 5.74) is 3.07. The molecule has 0 saturated carbocycles. The van der Waals surface area contributed by atoms with Gasteiger partial charge in [-0.25, -0.2) is 0 Å². The van der Waals surface area contributed by atoms with Gasteiger partial charge in [-0.1, -0.05) is 32.0 Å². The zero-order valence-corrected chi connectivity index (χ0v) is 14.7. The van der Waals surface area contributed by atoms with Gasteiger partial charge in [0.1, 0.15) is 5.75 Å². The molecule has 0 aliphatic carbocycles. The van der Waals surface area contributed by atoms with Gasteiger partial charge in [0.25, 0.3) is 0 Å². The fraction of sp³-hybridized carbons (Fsp3) is 0.278. The molecule has 0 fully saturated rings. The molecule has 0 amide bonds. The third kappa shape index (κ3) is 4.56. The van der Waals surface area contributed by atoms with E-state index < -0.39 is 0 Å². The molecule has 110 valence electrons. The van der Waals surface area contributed by atoms with Crippen LogP contribution in [-0.2, 0) is 0 Å². The molecule has 0 spiro atoms. The highest BCUT2D eigenvalue weighted by Crippen LogP contribution is 2.23. The second-order valence-corrected chi connectivity index (χ2v) is 6.70. The van der Waals surface area contributed by atoms with E-state index in [-0.39, 0.29) is 12.4 Å². The van der Waals surface area contributed by atoms with Crippen molar-refractivity contribution in [1.82, 2.24) is 0 Å². The van der Waals surface area contributed by atoms with Crippen molar-refractivity contribution in [1.29, 1.82) is 0 Å². The summed E-state index contributed by atoms with van der Waals surface area (Å²) in [6.45, 7) is 6.41. The Hall–Kier alpha value is -1.36. The van der Waals surface area contributed by atoms with Gasteiger partial charge in [-0.2, -0.15) is 0 Å². The SMILES string of the molecule is Cc1cc(OCC(=O)c2ccc(I)cc2)cc(C(C)C)c1. The normalized spacial score (nSPS) is 10.7. The first-order valence-electron chi connectivity index (χ1n) is 6.99. The van der Waals surface area contributed by atoms with Gasteiger partial charge in [0.2, 0.25) is 0 Å². The Labute approximate surface area is 139 Å². The van der Waals surface area contributed by atoms with E-state index in [1.165, 1.54) is 5.56 Å². The molecule has 21 heavy (non-hydrogen) atoms. The van der Waals surface area contributed by atoms with E-state index in [0.717, 1.165) is 14.9 Å². The Kier molecular flexibility index (Phi) is 5.39. The summed E-state index contributed by atoms with van der Waals surface area (Å²) < 4.78 is 6.79. The van der Waals surface area contributed by atoms with Gasteiger partial charge in [0, 0.05) is 9.13 Å². The molecule has 0 heterocycles. The van der Waals surface area contributed by atoms with Crippen LogP contribution < -0.4 is 4.74 Å². The molecule has 0 atom stereocenters. The molecular weight excluding hydrogens is 375 g/mol. The molecule has 0 aliphatic heterocycles. The zero-order chi connectivity index (χ0) is 15.4. The van der Waals surface area contributed by atoms with Crippen molar-refractivity contribution in [3.8, 4) is 5.75 Å². The van der Waals surface area contributed by atoms with E-state index in [4.69, 9.17) is 4.74 Å². The first-order valence-corrected chi connectivity index (χ1v) is 8.07. The minimum Gasteiger partial charge on any atom is -0.485 e. The summed E-state index contributed by atoms with van der Waals surface area (Å²) in [7, 11) is 0. The predicted octanol–water partition coefficient (Wildman–Crippen LogP) is 4.98. The first-order chi connectivity index (χ1) is 9.95. The van der Waals surface area contributed by atoms with Crippen molar-refractivity contribution in [3.63, 3.8) is 0 Å². The number of hydrogen-bond donors (Lipinski definition) is 0. The van der Waals surface area contributed by atoms with Crippen LogP contribution in [0.1, 0.15) is 41.3 Å². The fourth-order valence-corrected chi connectivity index (χ4v) is 2.42. The first kappa shape index (κ1) is 16.0. The zero-order valence-electron chi connectivity index (χ0n) is 12.5. The largest absolute Gasteiger partial charge is 0.485 e. The highest BCUT2D eigenvalue weighted by atomic mass is 127. The molecule has 0 unspecified atom stereocenters. The van der Waals surface area contributed by atoms with Gasteiger partial charge < -0.3 is 4.74 Å². The molecule has 0 aliphatic rings. The van der Waals surface area contributed by atoms with E-state index in [1.54, 1.807) is 0 Å². The van der Waals surface area contributed by atoms with Gasteiger partial charge in [-0.15, -0.1) is 0 Å². The van der Waals surface area contributed by atoms with Crippen molar-refractivity contribution in [2.24, 2.45) is 0 Å². The molecular formula is C18H19IO2. The molecule has 0 N–H and O–H groups in total. The fourth-order valence-electron chi connectivity index (χ4n) is 2.06. The second-order valence-electron chi connectivity index (χ2n) is 5.45. The average molecular weight is 394 g/mol. The lowest BCUT2D eigenvalue weighted by atomic mass is 10.0. The number of rotatable bonds is 5. The van der Waals surface area contributed by atoms with E-state index in [9.17, 15) is 4.79 Å². The van der Waals surface area contributed by atoms with E-state index in [0.29, 0.717) is 11.5 Å².